The number of hydrogen-bond acceptors (Lipinski definition) is 7. The van der Waals surface area contributed by atoms with Crippen LogP contribution in [0.25, 0.3) is 0 Å². The molecule has 0 radical (unpaired) electrons. The molecule has 0 spiro atoms. The van der Waals surface area contributed by atoms with Crippen LogP contribution in [0.2, 0.25) is 0 Å². The first-order chi connectivity index (χ1) is 10.9. The van der Waals surface area contributed by atoms with Gasteiger partial charge in [0.1, 0.15) is 5.75 Å². The Morgan fingerprint density at radius 2 is 1.87 bits per heavy atom. The minimum absolute atomic E-state index is 0.0255. The van der Waals surface area contributed by atoms with E-state index in [4.69, 9.17) is 24.8 Å². The lowest BCUT2D eigenvalue weighted by molar-refractivity contribution is 0.296. The molecule has 0 bridgehead atoms. The molecule has 1 aromatic rings. The lowest BCUT2D eigenvalue weighted by Gasteiger charge is -2.17. The first kappa shape index (κ1) is 20.8. The van der Waals surface area contributed by atoms with E-state index >= 15 is 0 Å². The van der Waals surface area contributed by atoms with Crippen LogP contribution in [0, 0.1) is 0 Å². The Morgan fingerprint density at radius 3 is 2.39 bits per heavy atom. The zero-order valence-electron chi connectivity index (χ0n) is 12.9. The van der Waals surface area contributed by atoms with Crippen LogP contribution in [0.15, 0.2) is 29.2 Å². The van der Waals surface area contributed by atoms with Gasteiger partial charge < -0.3 is 4.52 Å². The second kappa shape index (κ2) is 9.91. The van der Waals surface area contributed by atoms with Crippen molar-refractivity contribution in [2.45, 2.75) is 25.2 Å². The van der Waals surface area contributed by atoms with Crippen LogP contribution in [0.1, 0.15) is 20.3 Å². The Kier molecular flexibility index (Phi) is 8.97. The van der Waals surface area contributed by atoms with Crippen molar-refractivity contribution in [2.75, 3.05) is 24.8 Å². The first-order valence-corrected chi connectivity index (χ1v) is 12.1. The van der Waals surface area contributed by atoms with Gasteiger partial charge in [-0.2, -0.15) is 8.42 Å². The molecule has 0 aliphatic rings. The summed E-state index contributed by atoms with van der Waals surface area (Å²) in [6.45, 7) is 0.533. The second-order valence-corrected chi connectivity index (χ2v) is 10.3. The monoisotopic (exact) mass is 402 g/mol. The maximum atomic E-state index is 12.5. The van der Waals surface area contributed by atoms with Gasteiger partial charge >= 0.3 is 6.80 Å². The van der Waals surface area contributed by atoms with Crippen molar-refractivity contribution in [3.05, 3.63) is 24.3 Å². The van der Waals surface area contributed by atoms with Crippen molar-refractivity contribution in [3.63, 3.8) is 0 Å². The lowest BCUT2D eigenvalue weighted by Crippen LogP contribution is -2.08. The summed E-state index contributed by atoms with van der Waals surface area (Å²) in [6, 6.07) is 5.46. The molecule has 23 heavy (non-hydrogen) atoms. The van der Waals surface area contributed by atoms with Crippen LogP contribution in [-0.4, -0.2) is 33.3 Å². The molecule has 0 saturated carbocycles. The van der Waals surface area contributed by atoms with Crippen molar-refractivity contribution < 1.29 is 26.2 Å². The third-order valence-corrected chi connectivity index (χ3v) is 7.82. The van der Waals surface area contributed by atoms with E-state index in [1.165, 1.54) is 24.3 Å². The zero-order valence-corrected chi connectivity index (χ0v) is 16.2. The summed E-state index contributed by atoms with van der Waals surface area (Å²) in [6.07, 6.45) is 0.834. The third kappa shape index (κ3) is 7.03. The molecule has 1 rings (SSSR count). The maximum Gasteiger partial charge on any atom is 0.440 e. The molecule has 0 N–H and O–H groups in total. The molecule has 10 heteroatoms. The van der Waals surface area contributed by atoms with Gasteiger partial charge in [-0.1, -0.05) is 6.92 Å². The minimum Gasteiger partial charge on any atom is -0.417 e. The summed E-state index contributed by atoms with van der Waals surface area (Å²) < 4.78 is 51.5. The summed E-state index contributed by atoms with van der Waals surface area (Å²) in [5, 5.41) is 0. The Labute approximate surface area is 146 Å². The first-order valence-electron chi connectivity index (χ1n) is 7.01. The third-order valence-electron chi connectivity index (χ3n) is 2.39. The molecule has 0 saturated heterocycles. The van der Waals surface area contributed by atoms with Crippen LogP contribution < -0.4 is 4.52 Å². The summed E-state index contributed by atoms with van der Waals surface area (Å²) >= 11 is 6.53. The average Bonchev–Trinajstić information content (AvgIpc) is 2.52. The summed E-state index contributed by atoms with van der Waals surface area (Å²) in [5.41, 5.74) is 0. The summed E-state index contributed by atoms with van der Waals surface area (Å²) in [4.78, 5) is -0.0255. The fourth-order valence-electron chi connectivity index (χ4n) is 1.46. The predicted octanol–water partition coefficient (Wildman–Crippen LogP) is 4.30. The van der Waals surface area contributed by atoms with Gasteiger partial charge in [0.15, 0.2) is 0 Å². The molecule has 0 amide bonds. The highest BCUT2D eigenvalue weighted by atomic mass is 35.5. The molecule has 132 valence electrons. The molecular weight excluding hydrogens is 383 g/mol. The van der Waals surface area contributed by atoms with Gasteiger partial charge in [-0.05, 0) is 49.0 Å². The quantitative estimate of drug-likeness (QED) is 0.310. The largest absolute Gasteiger partial charge is 0.440 e. The van der Waals surface area contributed by atoms with Crippen molar-refractivity contribution in [3.8, 4) is 5.75 Å². The molecule has 0 heterocycles. The summed E-state index contributed by atoms with van der Waals surface area (Å²) in [7, 11) is -3.85. The molecule has 0 aromatic heterocycles. The number of alkyl halides is 1. The topological polar surface area (TPSA) is 78.9 Å². The van der Waals surface area contributed by atoms with Gasteiger partial charge in [-0.25, -0.2) is 4.57 Å². The van der Waals surface area contributed by atoms with Gasteiger partial charge in [0, 0.05) is 11.6 Å². The second-order valence-electron chi connectivity index (χ2n) is 4.23. The van der Waals surface area contributed by atoms with Gasteiger partial charge in [0.2, 0.25) is 0 Å². The van der Waals surface area contributed by atoms with Crippen LogP contribution in [0.4, 0.5) is 0 Å². The van der Waals surface area contributed by atoms with Crippen LogP contribution in [0.5, 0.6) is 5.75 Å². The molecule has 0 aliphatic carbocycles. The summed E-state index contributed by atoms with van der Waals surface area (Å²) in [5.74, 6) is 0.976. The van der Waals surface area contributed by atoms with E-state index in [1.54, 1.807) is 6.92 Å². The average molecular weight is 403 g/mol. The van der Waals surface area contributed by atoms with E-state index in [-0.39, 0.29) is 29.7 Å². The Hall–Kier alpha value is -0.240. The molecule has 0 fully saturated rings. The SMILES string of the molecule is CCCSP(=O)(OCC)Oc1ccc(S(=O)(=O)OCCCl)cc1. The fraction of sp³-hybridized carbons (Fsp3) is 0.538. The Balaban J connectivity index is 2.85. The van der Waals surface area contributed by atoms with Crippen LogP contribution in [-0.2, 0) is 23.4 Å². The minimum atomic E-state index is -3.85. The number of benzene rings is 1. The van der Waals surface area contributed by atoms with Crippen molar-refractivity contribution in [2.24, 2.45) is 0 Å². The normalized spacial score (nSPS) is 14.4. The van der Waals surface area contributed by atoms with Crippen molar-refractivity contribution in [1.82, 2.24) is 0 Å². The number of rotatable bonds is 11. The molecular formula is C13H20ClO6PS2. The molecule has 1 aromatic carbocycles. The van der Waals surface area contributed by atoms with Crippen molar-refractivity contribution >= 4 is 39.9 Å². The highest BCUT2D eigenvalue weighted by Crippen LogP contribution is 2.60. The molecule has 1 atom stereocenters. The smallest absolute Gasteiger partial charge is 0.417 e. The Bertz CT molecular complexity index is 620. The Morgan fingerprint density at radius 1 is 1.22 bits per heavy atom. The standard InChI is InChI=1S/C13H20ClO6PS2/c1-3-11-22-21(15,18-4-2)20-12-5-7-13(8-6-12)23(16,17)19-10-9-14/h5-8H,3-4,9-11H2,1-2H3. The van der Waals surface area contributed by atoms with Gasteiger partial charge in [-0.3, -0.25) is 8.71 Å². The zero-order chi connectivity index (χ0) is 17.3. The van der Waals surface area contributed by atoms with E-state index in [2.05, 4.69) is 0 Å². The highest BCUT2D eigenvalue weighted by molar-refractivity contribution is 8.55. The predicted molar refractivity (Wildman–Crippen MR) is 92.9 cm³/mol. The van der Waals surface area contributed by atoms with E-state index in [0.29, 0.717) is 5.75 Å². The highest BCUT2D eigenvalue weighted by Gasteiger charge is 2.26. The lowest BCUT2D eigenvalue weighted by atomic mass is 10.3. The molecule has 1 unspecified atom stereocenters. The molecule has 0 aliphatic heterocycles. The van der Waals surface area contributed by atoms with E-state index < -0.39 is 16.9 Å². The van der Waals surface area contributed by atoms with E-state index in [0.717, 1.165) is 17.8 Å². The van der Waals surface area contributed by atoms with Gasteiger partial charge in [-0.15, -0.1) is 11.6 Å². The van der Waals surface area contributed by atoms with Crippen LogP contribution in [0.3, 0.4) is 0 Å². The molecule has 6 nitrogen and oxygen atoms in total. The van der Waals surface area contributed by atoms with Gasteiger partial charge in [0.05, 0.1) is 18.1 Å². The maximum absolute atomic E-state index is 12.5. The van der Waals surface area contributed by atoms with E-state index in [1.807, 2.05) is 6.92 Å². The number of hydrogen-bond donors (Lipinski definition) is 0. The van der Waals surface area contributed by atoms with Gasteiger partial charge in [0.25, 0.3) is 10.1 Å². The van der Waals surface area contributed by atoms with Crippen molar-refractivity contribution in [1.29, 1.82) is 0 Å². The van der Waals surface area contributed by atoms with E-state index in [9.17, 15) is 13.0 Å². The number of halogens is 1. The fourth-order valence-corrected chi connectivity index (χ4v) is 5.99. The van der Waals surface area contributed by atoms with Crippen LogP contribution >= 0.6 is 29.8 Å².